The molecule has 1 aromatic heterocycles. The average Bonchev–Trinajstić information content (AvgIpc) is 3.55. The van der Waals surface area contributed by atoms with Crippen molar-refractivity contribution >= 4 is 21.7 Å². The minimum Gasteiger partial charge on any atom is -0.395 e. The van der Waals surface area contributed by atoms with E-state index in [0.29, 0.717) is 29.9 Å². The number of benzene rings is 2. The molecule has 0 radical (unpaired) electrons. The maximum absolute atomic E-state index is 13.4. The molecular formula is C24H23F2N3O5S. The van der Waals surface area contributed by atoms with Gasteiger partial charge in [-0.25, -0.2) is 18.1 Å². The molecule has 184 valence electrons. The Morgan fingerprint density at radius 3 is 2.46 bits per heavy atom. The Hall–Kier alpha value is -3.57. The highest BCUT2D eigenvalue weighted by atomic mass is 32.2. The third-order valence-electron chi connectivity index (χ3n) is 5.92. The first-order valence-corrected chi connectivity index (χ1v) is 12.7. The molecule has 0 bridgehead atoms. The molecule has 0 atom stereocenters. The molecule has 11 heteroatoms. The lowest BCUT2D eigenvalue weighted by molar-refractivity contribution is -0.286. The molecule has 1 fully saturated rings. The minimum atomic E-state index is -3.72. The van der Waals surface area contributed by atoms with E-state index < -0.39 is 21.7 Å². The fourth-order valence-corrected chi connectivity index (χ4v) is 4.36. The molecule has 35 heavy (non-hydrogen) atoms. The number of nitrogens with one attached hydrogen (secondary N) is 2. The van der Waals surface area contributed by atoms with Gasteiger partial charge in [-0.3, -0.25) is 4.79 Å². The van der Waals surface area contributed by atoms with Gasteiger partial charge in [-0.2, -0.15) is 0 Å². The van der Waals surface area contributed by atoms with Crippen molar-refractivity contribution in [2.45, 2.75) is 31.1 Å². The summed E-state index contributed by atoms with van der Waals surface area (Å²) in [6.45, 7) is 0.183. The molecular weight excluding hydrogens is 480 g/mol. The van der Waals surface area contributed by atoms with Crippen molar-refractivity contribution in [2.75, 3.05) is 11.6 Å². The highest BCUT2D eigenvalue weighted by Gasteiger charge is 2.52. The number of pyridine rings is 1. The Morgan fingerprint density at radius 2 is 1.77 bits per heavy atom. The fourth-order valence-electron chi connectivity index (χ4n) is 3.93. The largest absolute Gasteiger partial charge is 0.586 e. The van der Waals surface area contributed by atoms with Crippen LogP contribution in [0.5, 0.6) is 11.5 Å². The van der Waals surface area contributed by atoms with Crippen molar-refractivity contribution in [3.8, 4) is 22.8 Å². The second-order valence-corrected chi connectivity index (χ2v) is 10.4. The Balaban J connectivity index is 0.00000304. The van der Waals surface area contributed by atoms with E-state index in [-0.39, 0.29) is 25.4 Å². The smallest absolute Gasteiger partial charge is 0.395 e. The van der Waals surface area contributed by atoms with E-state index in [1.54, 1.807) is 36.4 Å². The molecule has 2 aliphatic rings. The predicted octanol–water partition coefficient (Wildman–Crippen LogP) is 4.04. The number of carbonyl (C=O) groups excluding carboxylic acids is 1. The summed E-state index contributed by atoms with van der Waals surface area (Å²) in [6.07, 6.45) is -1.48. The molecule has 1 amide bonds. The van der Waals surface area contributed by atoms with Gasteiger partial charge in [-0.1, -0.05) is 36.4 Å². The van der Waals surface area contributed by atoms with Crippen LogP contribution in [-0.2, 0) is 26.8 Å². The molecule has 1 aliphatic carbocycles. The van der Waals surface area contributed by atoms with Crippen LogP contribution in [0.2, 0.25) is 0 Å². The van der Waals surface area contributed by atoms with E-state index >= 15 is 0 Å². The van der Waals surface area contributed by atoms with Gasteiger partial charge >= 0.3 is 6.29 Å². The molecule has 8 nitrogen and oxygen atoms in total. The number of fused-ring (bicyclic) bond motifs is 1. The Morgan fingerprint density at radius 1 is 1.06 bits per heavy atom. The van der Waals surface area contributed by atoms with E-state index in [1.807, 2.05) is 12.1 Å². The topological polar surface area (TPSA) is 107 Å². The number of amides is 1. The molecule has 5 rings (SSSR count). The quantitative estimate of drug-likeness (QED) is 0.504. The van der Waals surface area contributed by atoms with Gasteiger partial charge in [-0.15, -0.1) is 8.78 Å². The summed E-state index contributed by atoms with van der Waals surface area (Å²) in [5.74, 6) is -0.0897. The molecule has 3 aromatic rings. The molecule has 1 saturated carbocycles. The number of alkyl halides is 2. The normalized spacial score (nSPS) is 17.1. The van der Waals surface area contributed by atoms with E-state index in [9.17, 15) is 22.0 Å². The number of anilines is 1. The van der Waals surface area contributed by atoms with Crippen molar-refractivity contribution < 1.29 is 32.9 Å². The zero-order valence-corrected chi connectivity index (χ0v) is 19.4. The van der Waals surface area contributed by atoms with Crippen molar-refractivity contribution in [3.63, 3.8) is 0 Å². The summed E-state index contributed by atoms with van der Waals surface area (Å²) in [6, 6.07) is 16.9. The minimum absolute atomic E-state index is 0. The summed E-state index contributed by atoms with van der Waals surface area (Å²) in [5.41, 5.74) is 1.94. The van der Waals surface area contributed by atoms with Crippen LogP contribution < -0.4 is 19.5 Å². The maximum Gasteiger partial charge on any atom is 0.586 e. The van der Waals surface area contributed by atoms with E-state index in [0.717, 1.165) is 17.4 Å². The van der Waals surface area contributed by atoms with E-state index in [1.165, 1.54) is 12.1 Å². The van der Waals surface area contributed by atoms with Crippen molar-refractivity contribution in [1.82, 2.24) is 9.71 Å². The summed E-state index contributed by atoms with van der Waals surface area (Å²) in [4.78, 5) is 17.7. The Kier molecular flexibility index (Phi) is 5.48. The molecule has 2 heterocycles. The highest BCUT2D eigenvalue weighted by molar-refractivity contribution is 7.88. The fraction of sp³-hybridized carbons (Fsp3) is 0.250. The Labute approximate surface area is 201 Å². The SMILES string of the molecule is CS(=O)(=O)NCc1ccc(-c2cccc(NC(=O)C3(c4ccc5c(c4)OC(F)(F)O5)CC3)n2)cc1.[HH]. The third-order valence-corrected chi connectivity index (χ3v) is 6.59. The summed E-state index contributed by atoms with van der Waals surface area (Å²) in [5, 5.41) is 2.84. The van der Waals surface area contributed by atoms with Gasteiger partial charge in [0, 0.05) is 13.5 Å². The number of sulfonamides is 1. The van der Waals surface area contributed by atoms with Crippen LogP contribution in [-0.4, -0.2) is 31.9 Å². The first-order chi connectivity index (χ1) is 16.5. The molecule has 2 N–H and O–H groups in total. The van der Waals surface area contributed by atoms with E-state index in [4.69, 9.17) is 0 Å². The van der Waals surface area contributed by atoms with Crippen LogP contribution >= 0.6 is 0 Å². The van der Waals surface area contributed by atoms with Gasteiger partial charge in [0.25, 0.3) is 0 Å². The zero-order chi connectivity index (χ0) is 24.8. The zero-order valence-electron chi connectivity index (χ0n) is 18.5. The molecule has 0 saturated heterocycles. The van der Waals surface area contributed by atoms with Crippen LogP contribution in [0.25, 0.3) is 11.3 Å². The van der Waals surface area contributed by atoms with Crippen LogP contribution in [0.15, 0.2) is 60.7 Å². The van der Waals surface area contributed by atoms with Gasteiger partial charge in [0.15, 0.2) is 11.5 Å². The molecule has 0 unspecified atom stereocenters. The summed E-state index contributed by atoms with van der Waals surface area (Å²) < 4.78 is 60.6. The van der Waals surface area contributed by atoms with E-state index in [2.05, 4.69) is 24.5 Å². The molecule has 1 aliphatic heterocycles. The third kappa shape index (κ3) is 4.96. The lowest BCUT2D eigenvalue weighted by Gasteiger charge is -2.16. The second-order valence-electron chi connectivity index (χ2n) is 8.56. The van der Waals surface area contributed by atoms with Gasteiger partial charge in [0.2, 0.25) is 15.9 Å². The highest BCUT2D eigenvalue weighted by Crippen LogP contribution is 2.52. The second kappa shape index (κ2) is 8.28. The summed E-state index contributed by atoms with van der Waals surface area (Å²) in [7, 11) is -3.29. The van der Waals surface area contributed by atoms with Crippen LogP contribution in [0.1, 0.15) is 25.4 Å². The first-order valence-electron chi connectivity index (χ1n) is 10.8. The monoisotopic (exact) mass is 503 g/mol. The number of rotatable bonds is 7. The van der Waals surface area contributed by atoms with Gasteiger partial charge < -0.3 is 14.8 Å². The van der Waals surface area contributed by atoms with Crippen molar-refractivity contribution in [2.24, 2.45) is 0 Å². The number of carbonyl (C=O) groups is 1. The lowest BCUT2D eigenvalue weighted by Crippen LogP contribution is -2.28. The van der Waals surface area contributed by atoms with Crippen LogP contribution in [0, 0.1) is 0 Å². The van der Waals surface area contributed by atoms with Crippen molar-refractivity contribution in [1.29, 1.82) is 0 Å². The number of halogens is 2. The Bertz CT molecular complexity index is 1410. The maximum atomic E-state index is 13.4. The van der Waals surface area contributed by atoms with Crippen LogP contribution in [0.4, 0.5) is 14.6 Å². The average molecular weight is 504 g/mol. The molecule has 0 spiro atoms. The van der Waals surface area contributed by atoms with Crippen molar-refractivity contribution in [3.05, 3.63) is 71.8 Å². The lowest BCUT2D eigenvalue weighted by atomic mass is 9.94. The van der Waals surface area contributed by atoms with Gasteiger partial charge in [0.05, 0.1) is 17.4 Å². The van der Waals surface area contributed by atoms with Gasteiger partial charge in [0.1, 0.15) is 5.82 Å². The van der Waals surface area contributed by atoms with Gasteiger partial charge in [-0.05, 0) is 48.2 Å². The number of hydrogen-bond donors (Lipinski definition) is 2. The number of nitrogens with zero attached hydrogens (tertiary/aromatic N) is 1. The van der Waals surface area contributed by atoms with Crippen LogP contribution in [0.3, 0.4) is 0 Å². The summed E-state index contributed by atoms with van der Waals surface area (Å²) >= 11 is 0. The number of ether oxygens (including phenoxy) is 2. The predicted molar refractivity (Wildman–Crippen MR) is 126 cm³/mol. The molecule has 2 aromatic carbocycles. The number of aromatic nitrogens is 1. The first kappa shape index (κ1) is 23.2. The number of hydrogen-bond acceptors (Lipinski definition) is 6. The standard InChI is InChI=1S/C24H21F2N3O5S.H2/c1-35(31,32)27-14-15-5-7-16(8-6-15)18-3-2-4-21(28-18)29-22(30)23(11-12-23)17-9-10-19-20(13-17)34-24(25,26)33-19;/h2-10,13,27H,11-12,14H2,1H3,(H,28,29,30);1H.